The first-order valence-electron chi connectivity index (χ1n) is 11.8. The summed E-state index contributed by atoms with van der Waals surface area (Å²) in [5.74, 6) is -1.14. The third-order valence-corrected chi connectivity index (χ3v) is 6.07. The van der Waals surface area contributed by atoms with Gasteiger partial charge in [-0.15, -0.1) is 0 Å². The van der Waals surface area contributed by atoms with Crippen LogP contribution in [-0.4, -0.2) is 34.3 Å². The summed E-state index contributed by atoms with van der Waals surface area (Å²) in [7, 11) is 1.64. The number of carbonyl (C=O) groups is 2. The normalized spacial score (nSPS) is 11.4. The lowest BCUT2D eigenvalue weighted by atomic mass is 10.0. The zero-order valence-electron chi connectivity index (χ0n) is 20.7. The van der Waals surface area contributed by atoms with Gasteiger partial charge in [-0.1, -0.05) is 12.1 Å². The highest BCUT2D eigenvalue weighted by atomic mass is 19.1. The van der Waals surface area contributed by atoms with Crippen LogP contribution in [0, 0.1) is 17.1 Å². The number of nitrogens with zero attached hydrogens (tertiary/aromatic N) is 3. The summed E-state index contributed by atoms with van der Waals surface area (Å²) < 4.78 is 14.8. The molecule has 0 fully saturated rings. The second-order valence-electron chi connectivity index (χ2n) is 8.63. The highest BCUT2D eigenvalue weighted by Gasteiger charge is 2.17. The van der Waals surface area contributed by atoms with Crippen molar-refractivity contribution in [1.82, 2.24) is 14.9 Å². The summed E-state index contributed by atoms with van der Waals surface area (Å²) in [6.07, 6.45) is 2.96. The zero-order chi connectivity index (χ0) is 27.2. The molecule has 0 spiro atoms. The van der Waals surface area contributed by atoms with Crippen molar-refractivity contribution in [2.24, 2.45) is 0 Å². The van der Waals surface area contributed by atoms with Gasteiger partial charge in [-0.25, -0.2) is 4.39 Å². The van der Waals surface area contributed by atoms with Crippen LogP contribution < -0.4 is 16.2 Å². The minimum Gasteiger partial charge on any atom is -0.320 e. The van der Waals surface area contributed by atoms with E-state index in [0.717, 1.165) is 0 Å². The lowest BCUT2D eigenvalue weighted by molar-refractivity contribution is -0.117. The maximum atomic E-state index is 13.6. The van der Waals surface area contributed by atoms with Gasteiger partial charge in [-0.3, -0.25) is 19.4 Å². The van der Waals surface area contributed by atoms with E-state index in [1.165, 1.54) is 35.0 Å². The fourth-order valence-corrected chi connectivity index (χ4v) is 3.82. The molecule has 0 bridgehead atoms. The minimum atomic E-state index is -0.514. The average Bonchev–Trinajstić information content (AvgIpc) is 2.95. The van der Waals surface area contributed by atoms with Crippen LogP contribution in [0.3, 0.4) is 0 Å². The molecular formula is C29H24FN5O3. The SMILES string of the molecule is CNC(C)C(=O)Nc1ccc(-c2ccc(C#N)cc2)n(Cc2cncc(C(=O)c3ccc(F)cc3)c2)c1=O. The van der Waals surface area contributed by atoms with Crippen molar-refractivity contribution in [1.29, 1.82) is 5.26 Å². The predicted molar refractivity (Wildman–Crippen MR) is 141 cm³/mol. The van der Waals surface area contributed by atoms with Gasteiger partial charge >= 0.3 is 0 Å². The molecule has 0 radical (unpaired) electrons. The third-order valence-electron chi connectivity index (χ3n) is 6.07. The molecule has 0 saturated heterocycles. The van der Waals surface area contributed by atoms with Crippen LogP contribution in [0.4, 0.5) is 10.1 Å². The van der Waals surface area contributed by atoms with Crippen LogP contribution in [0.15, 0.2) is 83.9 Å². The lowest BCUT2D eigenvalue weighted by Crippen LogP contribution is -2.37. The van der Waals surface area contributed by atoms with Gasteiger partial charge in [0.05, 0.1) is 29.9 Å². The topological polar surface area (TPSA) is 117 Å². The number of rotatable bonds is 8. The summed E-state index contributed by atoms with van der Waals surface area (Å²) in [4.78, 5) is 43.1. The molecule has 0 aliphatic rings. The summed E-state index contributed by atoms with van der Waals surface area (Å²) in [6.45, 7) is 1.73. The quantitative estimate of drug-likeness (QED) is 0.350. The Bertz CT molecular complexity index is 1590. The smallest absolute Gasteiger partial charge is 0.275 e. The van der Waals surface area contributed by atoms with E-state index < -0.39 is 17.4 Å². The first-order valence-corrected chi connectivity index (χ1v) is 11.8. The molecule has 8 nitrogen and oxygen atoms in total. The number of pyridine rings is 2. The van der Waals surface area contributed by atoms with Gasteiger partial charge in [0, 0.05) is 23.5 Å². The summed E-state index contributed by atoms with van der Waals surface area (Å²) >= 11 is 0. The van der Waals surface area contributed by atoms with Gasteiger partial charge in [0.2, 0.25) is 5.91 Å². The van der Waals surface area contributed by atoms with Crippen LogP contribution in [0.25, 0.3) is 11.3 Å². The van der Waals surface area contributed by atoms with Crippen molar-refractivity contribution in [2.45, 2.75) is 19.5 Å². The number of carbonyl (C=O) groups excluding carboxylic acids is 2. The summed E-state index contributed by atoms with van der Waals surface area (Å²) in [5, 5.41) is 14.6. The monoisotopic (exact) mass is 509 g/mol. The Morgan fingerprint density at radius 2 is 1.74 bits per heavy atom. The van der Waals surface area contributed by atoms with Crippen molar-refractivity contribution in [2.75, 3.05) is 12.4 Å². The molecule has 0 aliphatic carbocycles. The maximum Gasteiger partial charge on any atom is 0.275 e. The molecule has 2 aromatic heterocycles. The molecule has 1 unspecified atom stereocenters. The van der Waals surface area contributed by atoms with Gasteiger partial charge in [-0.2, -0.15) is 5.26 Å². The van der Waals surface area contributed by atoms with Crippen molar-refractivity contribution in [3.63, 3.8) is 0 Å². The van der Waals surface area contributed by atoms with E-state index in [0.29, 0.717) is 27.9 Å². The Kier molecular flexibility index (Phi) is 7.85. The van der Waals surface area contributed by atoms with Crippen LogP contribution >= 0.6 is 0 Å². The van der Waals surface area contributed by atoms with Crippen molar-refractivity contribution < 1.29 is 14.0 Å². The van der Waals surface area contributed by atoms with E-state index in [2.05, 4.69) is 21.7 Å². The van der Waals surface area contributed by atoms with Gasteiger partial charge in [-0.05, 0) is 79.7 Å². The summed E-state index contributed by atoms with van der Waals surface area (Å²) in [6, 6.07) is 18.4. The van der Waals surface area contributed by atoms with E-state index in [-0.39, 0.29) is 29.5 Å². The van der Waals surface area contributed by atoms with Crippen molar-refractivity contribution >= 4 is 17.4 Å². The molecule has 0 saturated carbocycles. The molecule has 38 heavy (non-hydrogen) atoms. The molecule has 2 N–H and O–H groups in total. The number of anilines is 1. The standard InChI is InChI=1S/C29H24FN5O3/c1-18(32-2)28(37)34-25-11-12-26(21-5-3-19(14-31)4-6-21)35(29(25)38)17-20-13-23(16-33-15-20)27(36)22-7-9-24(30)10-8-22/h3-13,15-16,18,32H,17H2,1-2H3,(H,34,37). The van der Waals surface area contributed by atoms with Crippen molar-refractivity contribution in [3.05, 3.63) is 118 Å². The number of benzene rings is 2. The second kappa shape index (κ2) is 11.4. The van der Waals surface area contributed by atoms with E-state index in [1.807, 2.05) is 0 Å². The second-order valence-corrected chi connectivity index (χ2v) is 8.63. The van der Waals surface area contributed by atoms with Gasteiger partial charge < -0.3 is 15.2 Å². The first-order chi connectivity index (χ1) is 18.3. The van der Waals surface area contributed by atoms with Crippen LogP contribution in [0.2, 0.25) is 0 Å². The van der Waals surface area contributed by atoms with Crippen molar-refractivity contribution in [3.8, 4) is 17.3 Å². The highest BCUT2D eigenvalue weighted by Crippen LogP contribution is 2.22. The maximum absolute atomic E-state index is 13.6. The number of likely N-dealkylation sites (N-methyl/N-ethyl adjacent to an activating group) is 1. The number of hydrogen-bond acceptors (Lipinski definition) is 6. The number of halogens is 1. The molecule has 2 heterocycles. The molecule has 2 aromatic carbocycles. The first kappa shape index (κ1) is 26.1. The Morgan fingerprint density at radius 3 is 2.39 bits per heavy atom. The van der Waals surface area contributed by atoms with Gasteiger partial charge in [0.15, 0.2) is 5.78 Å². The fourth-order valence-electron chi connectivity index (χ4n) is 3.82. The molecular weight excluding hydrogens is 485 g/mol. The number of nitriles is 1. The summed E-state index contributed by atoms with van der Waals surface area (Å²) in [5.41, 5.74) is 2.53. The van der Waals surface area contributed by atoms with E-state index in [4.69, 9.17) is 5.26 Å². The average molecular weight is 510 g/mol. The van der Waals surface area contributed by atoms with Crippen LogP contribution in [0.1, 0.15) is 34.0 Å². The van der Waals surface area contributed by atoms with Crippen LogP contribution in [0.5, 0.6) is 0 Å². The predicted octanol–water partition coefficient (Wildman–Crippen LogP) is 3.75. The number of ketones is 1. The van der Waals surface area contributed by atoms with Gasteiger partial charge in [0.1, 0.15) is 11.5 Å². The zero-order valence-corrected chi connectivity index (χ0v) is 20.7. The number of nitrogens with one attached hydrogen (secondary N) is 2. The third kappa shape index (κ3) is 5.72. The molecule has 1 atom stereocenters. The van der Waals surface area contributed by atoms with E-state index in [9.17, 15) is 18.8 Å². The minimum absolute atomic E-state index is 0.0526. The van der Waals surface area contributed by atoms with Crippen LogP contribution in [-0.2, 0) is 11.3 Å². The Hall–Kier alpha value is -4.94. The molecule has 1 amide bonds. The highest BCUT2D eigenvalue weighted by molar-refractivity contribution is 6.08. The van der Waals surface area contributed by atoms with Gasteiger partial charge in [0.25, 0.3) is 5.56 Å². The Balaban J connectivity index is 1.75. The molecule has 0 aliphatic heterocycles. The number of amides is 1. The largest absolute Gasteiger partial charge is 0.320 e. The van der Waals surface area contributed by atoms with E-state index in [1.54, 1.807) is 62.6 Å². The molecule has 9 heteroatoms. The Labute approximate surface area is 218 Å². The number of aromatic nitrogens is 2. The molecule has 4 aromatic rings. The Morgan fingerprint density at radius 1 is 1.03 bits per heavy atom. The fraction of sp³-hybridized carbons (Fsp3) is 0.138. The number of hydrogen-bond donors (Lipinski definition) is 2. The lowest BCUT2D eigenvalue weighted by Gasteiger charge is -2.17. The molecule has 4 rings (SSSR count). The van der Waals surface area contributed by atoms with E-state index >= 15 is 0 Å². The molecule has 190 valence electrons.